The van der Waals surface area contributed by atoms with E-state index < -0.39 is 0 Å². The maximum Gasteiger partial charge on any atom is 0.0709 e. The number of aromatic nitrogens is 2. The predicted molar refractivity (Wildman–Crippen MR) is 75.8 cm³/mol. The van der Waals surface area contributed by atoms with Gasteiger partial charge < -0.3 is 5.32 Å². The molecular formula is C15H23N3. The van der Waals surface area contributed by atoms with Crippen LogP contribution < -0.4 is 5.32 Å². The molecule has 1 unspecified atom stereocenters. The van der Waals surface area contributed by atoms with Crippen molar-refractivity contribution in [2.24, 2.45) is 0 Å². The monoisotopic (exact) mass is 245 g/mol. The molecule has 0 aromatic carbocycles. The minimum Gasteiger partial charge on any atom is -0.310 e. The van der Waals surface area contributed by atoms with Crippen LogP contribution in [0, 0.1) is 0 Å². The van der Waals surface area contributed by atoms with Gasteiger partial charge in [0.2, 0.25) is 0 Å². The van der Waals surface area contributed by atoms with Gasteiger partial charge in [-0.3, -0.25) is 0 Å². The standard InChI is InChI=1S/C15H23N3/c1-3-5-8-14(16-10-4-2)13-12-17-18-11-7-6-9-15(13)18/h6-7,9,11-12,14,16H,3-5,8,10H2,1-2H3. The van der Waals surface area contributed by atoms with E-state index in [1.54, 1.807) is 0 Å². The first-order chi connectivity index (χ1) is 8.86. The van der Waals surface area contributed by atoms with Crippen molar-refractivity contribution in [1.29, 1.82) is 0 Å². The maximum absolute atomic E-state index is 4.43. The van der Waals surface area contributed by atoms with E-state index in [-0.39, 0.29) is 0 Å². The number of hydrogen-bond donors (Lipinski definition) is 1. The lowest BCUT2D eigenvalue weighted by molar-refractivity contribution is 0.484. The summed E-state index contributed by atoms with van der Waals surface area (Å²) < 4.78 is 1.96. The summed E-state index contributed by atoms with van der Waals surface area (Å²) in [7, 11) is 0. The normalized spacial score (nSPS) is 13.0. The number of unbranched alkanes of at least 4 members (excludes halogenated alkanes) is 1. The van der Waals surface area contributed by atoms with Crippen molar-refractivity contribution in [1.82, 2.24) is 14.9 Å². The summed E-state index contributed by atoms with van der Waals surface area (Å²) in [5.41, 5.74) is 2.56. The molecule has 0 amide bonds. The summed E-state index contributed by atoms with van der Waals surface area (Å²) in [5, 5.41) is 8.08. The average molecular weight is 245 g/mol. The van der Waals surface area contributed by atoms with Crippen molar-refractivity contribution in [2.45, 2.75) is 45.6 Å². The minimum atomic E-state index is 0.435. The Labute approximate surface area is 109 Å². The van der Waals surface area contributed by atoms with Gasteiger partial charge in [-0.25, -0.2) is 4.52 Å². The van der Waals surface area contributed by atoms with Gasteiger partial charge in [0.1, 0.15) is 0 Å². The lowest BCUT2D eigenvalue weighted by atomic mass is 10.0. The zero-order valence-corrected chi connectivity index (χ0v) is 11.4. The molecule has 3 heteroatoms. The molecule has 2 aromatic heterocycles. The number of nitrogens with one attached hydrogen (secondary N) is 1. The quantitative estimate of drug-likeness (QED) is 0.808. The minimum absolute atomic E-state index is 0.435. The fourth-order valence-corrected chi connectivity index (χ4v) is 2.32. The van der Waals surface area contributed by atoms with E-state index in [2.05, 4.69) is 36.4 Å². The van der Waals surface area contributed by atoms with Crippen molar-refractivity contribution >= 4 is 5.52 Å². The highest BCUT2D eigenvalue weighted by molar-refractivity contribution is 5.54. The molecule has 2 aromatic rings. The number of hydrogen-bond acceptors (Lipinski definition) is 2. The molecular weight excluding hydrogens is 222 g/mol. The second-order valence-electron chi connectivity index (χ2n) is 4.78. The van der Waals surface area contributed by atoms with Crippen LogP contribution in [0.15, 0.2) is 30.6 Å². The van der Waals surface area contributed by atoms with Gasteiger partial charge in [0.15, 0.2) is 0 Å². The molecule has 0 fully saturated rings. The molecule has 2 rings (SSSR count). The first-order valence-electron chi connectivity index (χ1n) is 7.02. The van der Waals surface area contributed by atoms with Crippen molar-refractivity contribution in [3.05, 3.63) is 36.2 Å². The molecule has 0 saturated heterocycles. The Balaban J connectivity index is 2.22. The molecule has 0 aliphatic carbocycles. The molecule has 0 bridgehead atoms. The van der Waals surface area contributed by atoms with Gasteiger partial charge in [0.05, 0.1) is 11.7 Å². The molecule has 98 valence electrons. The van der Waals surface area contributed by atoms with Gasteiger partial charge >= 0.3 is 0 Å². The van der Waals surface area contributed by atoms with E-state index in [0.29, 0.717) is 6.04 Å². The lowest BCUT2D eigenvalue weighted by Crippen LogP contribution is -2.22. The van der Waals surface area contributed by atoms with Crippen LogP contribution in [0.3, 0.4) is 0 Å². The van der Waals surface area contributed by atoms with Gasteiger partial charge in [-0.05, 0) is 31.5 Å². The first-order valence-corrected chi connectivity index (χ1v) is 7.02. The van der Waals surface area contributed by atoms with Gasteiger partial charge in [-0.2, -0.15) is 5.10 Å². The van der Waals surface area contributed by atoms with E-state index in [0.717, 1.165) is 6.54 Å². The number of fused-ring (bicyclic) bond motifs is 1. The second-order valence-corrected chi connectivity index (χ2v) is 4.78. The lowest BCUT2D eigenvalue weighted by Gasteiger charge is -2.17. The SMILES string of the molecule is CCCCC(NCCC)c1cnn2ccccc12. The Kier molecular flexibility index (Phi) is 4.76. The molecule has 2 heterocycles. The third-order valence-corrected chi connectivity index (χ3v) is 3.32. The first kappa shape index (κ1) is 13.1. The fraction of sp³-hybridized carbons (Fsp3) is 0.533. The zero-order chi connectivity index (χ0) is 12.8. The van der Waals surface area contributed by atoms with Crippen molar-refractivity contribution < 1.29 is 0 Å². The predicted octanol–water partition coefficient (Wildman–Crippen LogP) is 3.57. The highest BCUT2D eigenvalue weighted by atomic mass is 15.2. The van der Waals surface area contributed by atoms with Crippen LogP contribution in [0.1, 0.15) is 51.1 Å². The molecule has 3 nitrogen and oxygen atoms in total. The summed E-state index contributed by atoms with van der Waals surface area (Å²) in [4.78, 5) is 0. The molecule has 18 heavy (non-hydrogen) atoms. The largest absolute Gasteiger partial charge is 0.310 e. The van der Waals surface area contributed by atoms with Crippen LogP contribution in [-0.2, 0) is 0 Å². The second kappa shape index (κ2) is 6.55. The van der Waals surface area contributed by atoms with Crippen molar-refractivity contribution in [2.75, 3.05) is 6.54 Å². The Morgan fingerprint density at radius 2 is 2.17 bits per heavy atom. The van der Waals surface area contributed by atoms with E-state index in [4.69, 9.17) is 0 Å². The molecule has 1 atom stereocenters. The van der Waals surface area contributed by atoms with Gasteiger partial charge in [-0.15, -0.1) is 0 Å². The van der Waals surface area contributed by atoms with E-state index in [1.165, 1.54) is 36.8 Å². The van der Waals surface area contributed by atoms with E-state index in [9.17, 15) is 0 Å². The van der Waals surface area contributed by atoms with Crippen molar-refractivity contribution in [3.63, 3.8) is 0 Å². The highest BCUT2D eigenvalue weighted by Gasteiger charge is 2.14. The molecule has 1 N–H and O–H groups in total. The maximum atomic E-state index is 4.43. The average Bonchev–Trinajstić information content (AvgIpc) is 2.83. The smallest absolute Gasteiger partial charge is 0.0709 e. The number of nitrogens with zero attached hydrogens (tertiary/aromatic N) is 2. The van der Waals surface area contributed by atoms with Crippen LogP contribution in [-0.4, -0.2) is 16.2 Å². The third-order valence-electron chi connectivity index (χ3n) is 3.32. The van der Waals surface area contributed by atoms with Crippen LogP contribution in [0.4, 0.5) is 0 Å². The van der Waals surface area contributed by atoms with Crippen LogP contribution in [0.2, 0.25) is 0 Å². The Morgan fingerprint density at radius 3 is 2.94 bits per heavy atom. The summed E-state index contributed by atoms with van der Waals surface area (Å²) in [5.74, 6) is 0. The Bertz CT molecular complexity index is 467. The number of pyridine rings is 1. The van der Waals surface area contributed by atoms with Gasteiger partial charge in [0, 0.05) is 17.8 Å². The number of rotatable bonds is 7. The molecule has 0 aliphatic rings. The Hall–Kier alpha value is -1.35. The van der Waals surface area contributed by atoms with Gasteiger partial charge in [-0.1, -0.05) is 32.8 Å². The molecule has 0 aliphatic heterocycles. The van der Waals surface area contributed by atoms with E-state index >= 15 is 0 Å². The van der Waals surface area contributed by atoms with Gasteiger partial charge in [0.25, 0.3) is 0 Å². The van der Waals surface area contributed by atoms with Crippen molar-refractivity contribution in [3.8, 4) is 0 Å². The molecule has 0 saturated carbocycles. The topological polar surface area (TPSA) is 29.3 Å². The summed E-state index contributed by atoms with van der Waals surface area (Å²) in [6.07, 6.45) is 8.87. The Morgan fingerprint density at radius 1 is 1.28 bits per heavy atom. The summed E-state index contributed by atoms with van der Waals surface area (Å²) in [6, 6.07) is 6.68. The fourth-order valence-electron chi connectivity index (χ4n) is 2.32. The molecule has 0 spiro atoms. The third kappa shape index (κ3) is 2.91. The highest BCUT2D eigenvalue weighted by Crippen LogP contribution is 2.23. The molecule has 0 radical (unpaired) electrons. The van der Waals surface area contributed by atoms with E-state index in [1.807, 2.05) is 23.0 Å². The summed E-state index contributed by atoms with van der Waals surface area (Å²) >= 11 is 0. The van der Waals surface area contributed by atoms with Crippen LogP contribution in [0.5, 0.6) is 0 Å². The van der Waals surface area contributed by atoms with Crippen LogP contribution >= 0.6 is 0 Å². The zero-order valence-electron chi connectivity index (χ0n) is 11.4. The van der Waals surface area contributed by atoms with Crippen LogP contribution in [0.25, 0.3) is 5.52 Å². The summed E-state index contributed by atoms with van der Waals surface area (Å²) in [6.45, 7) is 5.52.